The van der Waals surface area contributed by atoms with E-state index in [-0.39, 0.29) is 24.1 Å². The second kappa shape index (κ2) is 10.2. The van der Waals surface area contributed by atoms with Gasteiger partial charge in [0.2, 0.25) is 11.8 Å². The number of benzene rings is 2. The highest BCUT2D eigenvalue weighted by molar-refractivity contribution is 7.80. The number of hydrogen-bond donors (Lipinski definition) is 1. The minimum atomic E-state index is -0.675. The molecule has 0 spiro atoms. The normalized spacial score (nSPS) is 18.1. The molecule has 2 heterocycles. The second-order valence-electron chi connectivity index (χ2n) is 8.30. The molecule has 2 aromatic carbocycles. The van der Waals surface area contributed by atoms with Crippen molar-refractivity contribution in [3.05, 3.63) is 54.1 Å². The van der Waals surface area contributed by atoms with E-state index in [4.69, 9.17) is 17.0 Å². The predicted molar refractivity (Wildman–Crippen MR) is 134 cm³/mol. The monoisotopic (exact) mass is 480 g/mol. The zero-order chi connectivity index (χ0) is 24.2. The number of hydrogen-bond acceptors (Lipinski definition) is 5. The van der Waals surface area contributed by atoms with Crippen molar-refractivity contribution in [1.29, 1.82) is 0 Å². The Labute approximate surface area is 204 Å². The summed E-state index contributed by atoms with van der Waals surface area (Å²) in [6.45, 7) is 3.44. The fraction of sp³-hybridized carbons (Fsp3) is 0.360. The van der Waals surface area contributed by atoms with E-state index in [9.17, 15) is 14.4 Å². The van der Waals surface area contributed by atoms with E-state index < -0.39 is 6.04 Å². The van der Waals surface area contributed by atoms with E-state index in [1.165, 1.54) is 4.90 Å². The largest absolute Gasteiger partial charge is 0.497 e. The van der Waals surface area contributed by atoms with Gasteiger partial charge in [-0.15, -0.1) is 0 Å². The Hall–Kier alpha value is -3.46. The van der Waals surface area contributed by atoms with Crippen LogP contribution >= 0.6 is 12.2 Å². The molecule has 2 aliphatic heterocycles. The maximum atomic E-state index is 13.0. The maximum Gasteiger partial charge on any atom is 0.252 e. The molecule has 0 aliphatic carbocycles. The molecule has 0 radical (unpaired) electrons. The molecule has 1 N–H and O–H groups in total. The SMILES string of the molecule is CCN1C(=O)[C@H](CC(=O)Nc2ccc(OC)cc2)N(Cc2ccc(N3CCCC3=O)cc2)C1=S. The van der Waals surface area contributed by atoms with Crippen molar-refractivity contribution in [3.63, 3.8) is 0 Å². The topological polar surface area (TPSA) is 82.2 Å². The number of nitrogens with zero attached hydrogens (tertiary/aromatic N) is 3. The highest BCUT2D eigenvalue weighted by Crippen LogP contribution is 2.26. The molecule has 0 unspecified atom stereocenters. The van der Waals surface area contributed by atoms with E-state index >= 15 is 0 Å². The number of thiocarbonyl (C=S) groups is 1. The van der Waals surface area contributed by atoms with Gasteiger partial charge in [-0.05, 0) is 67.5 Å². The Morgan fingerprint density at radius 2 is 1.82 bits per heavy atom. The summed E-state index contributed by atoms with van der Waals surface area (Å²) < 4.78 is 5.14. The molecular weight excluding hydrogens is 452 g/mol. The van der Waals surface area contributed by atoms with Crippen molar-refractivity contribution >= 4 is 46.4 Å². The molecule has 0 saturated carbocycles. The first kappa shape index (κ1) is 23.7. The van der Waals surface area contributed by atoms with Gasteiger partial charge in [0.15, 0.2) is 5.11 Å². The predicted octanol–water partition coefficient (Wildman–Crippen LogP) is 3.17. The van der Waals surface area contributed by atoms with Crippen LogP contribution in [0.4, 0.5) is 11.4 Å². The lowest BCUT2D eigenvalue weighted by Crippen LogP contribution is -2.37. The van der Waals surface area contributed by atoms with Gasteiger partial charge in [0.25, 0.3) is 5.91 Å². The molecule has 4 rings (SSSR count). The molecule has 2 aliphatic rings. The van der Waals surface area contributed by atoms with Crippen molar-refractivity contribution in [2.75, 3.05) is 30.4 Å². The number of amides is 3. The summed E-state index contributed by atoms with van der Waals surface area (Å²) in [6.07, 6.45) is 1.44. The number of carbonyl (C=O) groups excluding carboxylic acids is 3. The van der Waals surface area contributed by atoms with Crippen LogP contribution in [0.3, 0.4) is 0 Å². The van der Waals surface area contributed by atoms with Gasteiger partial charge in [0.05, 0.1) is 13.5 Å². The first-order valence-corrected chi connectivity index (χ1v) is 11.8. The van der Waals surface area contributed by atoms with Gasteiger partial charge in [-0.3, -0.25) is 19.3 Å². The average molecular weight is 481 g/mol. The highest BCUT2D eigenvalue weighted by Gasteiger charge is 2.42. The molecular formula is C25H28N4O4S. The number of nitrogens with one attached hydrogen (secondary N) is 1. The first-order valence-electron chi connectivity index (χ1n) is 11.4. The van der Waals surface area contributed by atoms with Gasteiger partial charge >= 0.3 is 0 Å². The lowest BCUT2D eigenvalue weighted by atomic mass is 10.1. The number of anilines is 2. The molecule has 2 aromatic rings. The molecule has 178 valence electrons. The minimum absolute atomic E-state index is 0.0120. The lowest BCUT2D eigenvalue weighted by Gasteiger charge is -2.24. The Morgan fingerprint density at radius 3 is 2.41 bits per heavy atom. The summed E-state index contributed by atoms with van der Waals surface area (Å²) in [5.41, 5.74) is 2.45. The van der Waals surface area contributed by atoms with Gasteiger partial charge < -0.3 is 19.9 Å². The summed E-state index contributed by atoms with van der Waals surface area (Å²) in [7, 11) is 1.58. The fourth-order valence-electron chi connectivity index (χ4n) is 4.32. The summed E-state index contributed by atoms with van der Waals surface area (Å²) >= 11 is 5.59. The number of rotatable bonds is 8. The van der Waals surface area contributed by atoms with Crippen molar-refractivity contribution < 1.29 is 19.1 Å². The first-order chi connectivity index (χ1) is 16.4. The van der Waals surface area contributed by atoms with Gasteiger partial charge in [0, 0.05) is 37.4 Å². The minimum Gasteiger partial charge on any atom is -0.497 e. The molecule has 0 aromatic heterocycles. The molecule has 8 nitrogen and oxygen atoms in total. The van der Waals surface area contributed by atoms with Gasteiger partial charge in [-0.25, -0.2) is 0 Å². The smallest absolute Gasteiger partial charge is 0.252 e. The quantitative estimate of drug-likeness (QED) is 0.585. The Bertz CT molecular complexity index is 1090. The molecule has 0 bridgehead atoms. The van der Waals surface area contributed by atoms with Crippen molar-refractivity contribution in [2.45, 2.75) is 38.8 Å². The molecule has 3 amide bonds. The van der Waals surface area contributed by atoms with Gasteiger partial charge in [-0.2, -0.15) is 0 Å². The third-order valence-electron chi connectivity index (χ3n) is 6.15. The Morgan fingerprint density at radius 1 is 1.12 bits per heavy atom. The van der Waals surface area contributed by atoms with Crippen LogP contribution in [-0.4, -0.2) is 58.9 Å². The lowest BCUT2D eigenvalue weighted by molar-refractivity contribution is -0.130. The van der Waals surface area contributed by atoms with Crippen LogP contribution in [0, 0.1) is 0 Å². The van der Waals surface area contributed by atoms with Crippen LogP contribution in [0.5, 0.6) is 5.75 Å². The van der Waals surface area contributed by atoms with Gasteiger partial charge in [0.1, 0.15) is 11.8 Å². The van der Waals surface area contributed by atoms with Crippen LogP contribution in [0.1, 0.15) is 31.7 Å². The third kappa shape index (κ3) is 4.89. The number of methoxy groups -OCH3 is 1. The van der Waals surface area contributed by atoms with Crippen LogP contribution in [0.15, 0.2) is 48.5 Å². The van der Waals surface area contributed by atoms with E-state index in [2.05, 4.69) is 5.32 Å². The average Bonchev–Trinajstić information content (AvgIpc) is 3.36. The Kier molecular flexibility index (Phi) is 7.12. The molecule has 9 heteroatoms. The van der Waals surface area contributed by atoms with Crippen molar-refractivity contribution in [2.24, 2.45) is 0 Å². The van der Waals surface area contributed by atoms with E-state index in [1.54, 1.807) is 36.3 Å². The summed E-state index contributed by atoms with van der Waals surface area (Å²) in [5, 5.41) is 3.27. The van der Waals surface area contributed by atoms with Crippen molar-refractivity contribution in [3.8, 4) is 5.75 Å². The number of carbonyl (C=O) groups is 3. The second-order valence-corrected chi connectivity index (χ2v) is 8.67. The van der Waals surface area contributed by atoms with E-state index in [0.29, 0.717) is 36.1 Å². The van der Waals surface area contributed by atoms with E-state index in [1.807, 2.05) is 36.1 Å². The molecule has 2 fully saturated rings. The van der Waals surface area contributed by atoms with E-state index in [0.717, 1.165) is 24.2 Å². The maximum absolute atomic E-state index is 13.0. The fourth-order valence-corrected chi connectivity index (χ4v) is 4.73. The van der Waals surface area contributed by atoms with Crippen molar-refractivity contribution in [1.82, 2.24) is 9.80 Å². The third-order valence-corrected chi connectivity index (χ3v) is 6.60. The number of ether oxygens (including phenoxy) is 1. The molecule has 34 heavy (non-hydrogen) atoms. The molecule has 1 atom stereocenters. The summed E-state index contributed by atoms with van der Waals surface area (Å²) in [6, 6.07) is 14.1. The summed E-state index contributed by atoms with van der Waals surface area (Å²) in [5.74, 6) is 0.397. The standard InChI is InChI=1S/C25H28N4O4S/c1-3-27-24(32)21(15-22(30)26-18-8-12-20(33-2)13-9-18)29(25(27)34)16-17-6-10-19(11-7-17)28-14-4-5-23(28)31/h6-13,21H,3-5,14-16H2,1-2H3,(H,26,30)/t21-/m0/s1. The zero-order valence-corrected chi connectivity index (χ0v) is 20.1. The highest BCUT2D eigenvalue weighted by atomic mass is 32.1. The van der Waals surface area contributed by atoms with Crippen LogP contribution in [-0.2, 0) is 20.9 Å². The van der Waals surface area contributed by atoms with Gasteiger partial charge in [-0.1, -0.05) is 12.1 Å². The number of likely N-dealkylation sites (N-methyl/N-ethyl adjacent to an activating group) is 1. The molecule has 2 saturated heterocycles. The van der Waals surface area contributed by atoms with Crippen LogP contribution in [0.2, 0.25) is 0 Å². The van der Waals surface area contributed by atoms with Crippen LogP contribution < -0.4 is 15.0 Å². The summed E-state index contributed by atoms with van der Waals surface area (Å²) in [4.78, 5) is 43.0. The Balaban J connectivity index is 1.46. The van der Waals surface area contributed by atoms with Crippen LogP contribution in [0.25, 0.3) is 0 Å². The zero-order valence-electron chi connectivity index (χ0n) is 19.3.